The molecular formula is C15H25IN4O. The quantitative estimate of drug-likeness (QED) is 0.401. The van der Waals surface area contributed by atoms with Crippen molar-refractivity contribution in [3.05, 3.63) is 29.8 Å². The Morgan fingerprint density at radius 2 is 2.05 bits per heavy atom. The van der Waals surface area contributed by atoms with Crippen molar-refractivity contribution in [3.63, 3.8) is 0 Å². The molecule has 1 aromatic rings. The van der Waals surface area contributed by atoms with Gasteiger partial charge in [-0.15, -0.1) is 24.0 Å². The van der Waals surface area contributed by atoms with Crippen LogP contribution in [0, 0.1) is 5.41 Å². The third-order valence-electron chi connectivity index (χ3n) is 3.09. The van der Waals surface area contributed by atoms with Gasteiger partial charge in [-0.3, -0.25) is 9.79 Å². The Morgan fingerprint density at radius 1 is 1.38 bits per heavy atom. The van der Waals surface area contributed by atoms with Gasteiger partial charge in [-0.2, -0.15) is 0 Å². The molecule has 6 heteroatoms. The molecule has 1 rings (SSSR count). The maximum Gasteiger partial charge on any atom is 0.227 e. The maximum atomic E-state index is 11.6. The van der Waals surface area contributed by atoms with Gasteiger partial charge < -0.3 is 16.4 Å². The molecule has 5 nitrogen and oxygen atoms in total. The van der Waals surface area contributed by atoms with Gasteiger partial charge in [0.1, 0.15) is 0 Å². The van der Waals surface area contributed by atoms with Gasteiger partial charge in [0.05, 0.1) is 12.0 Å². The average Bonchev–Trinajstić information content (AvgIpc) is 2.44. The molecule has 0 aliphatic carbocycles. The number of carbonyl (C=O) groups excluding carboxylic acids is 1. The first-order chi connectivity index (χ1) is 9.39. The molecule has 0 saturated heterocycles. The fourth-order valence-electron chi connectivity index (χ4n) is 1.75. The SMILES string of the molecule is CCc1cccc(NC(N)=NCC(C)(C)C(=O)NC)c1.I. The molecule has 1 aromatic carbocycles. The molecule has 0 spiro atoms. The van der Waals surface area contributed by atoms with Gasteiger partial charge in [-0.25, -0.2) is 0 Å². The number of benzene rings is 1. The Morgan fingerprint density at radius 3 is 2.62 bits per heavy atom. The normalized spacial score (nSPS) is 11.5. The third-order valence-corrected chi connectivity index (χ3v) is 3.09. The van der Waals surface area contributed by atoms with Gasteiger partial charge in [0.25, 0.3) is 0 Å². The molecule has 0 unspecified atom stereocenters. The number of aliphatic imine (C=N–C) groups is 1. The van der Waals surface area contributed by atoms with Gasteiger partial charge in [0.15, 0.2) is 5.96 Å². The highest BCUT2D eigenvalue weighted by Crippen LogP contribution is 2.15. The van der Waals surface area contributed by atoms with E-state index in [9.17, 15) is 4.79 Å². The number of carbonyl (C=O) groups is 1. The minimum absolute atomic E-state index is 0. The molecule has 0 radical (unpaired) electrons. The van der Waals surface area contributed by atoms with E-state index in [2.05, 4.69) is 28.6 Å². The van der Waals surface area contributed by atoms with Crippen LogP contribution < -0.4 is 16.4 Å². The largest absolute Gasteiger partial charge is 0.370 e. The van der Waals surface area contributed by atoms with Crippen LogP contribution in [0.3, 0.4) is 0 Å². The van der Waals surface area contributed by atoms with Crippen molar-refractivity contribution in [1.82, 2.24) is 5.32 Å². The average molecular weight is 404 g/mol. The van der Waals surface area contributed by atoms with Crippen LogP contribution in [0.25, 0.3) is 0 Å². The highest BCUT2D eigenvalue weighted by Gasteiger charge is 2.26. The summed E-state index contributed by atoms with van der Waals surface area (Å²) in [4.78, 5) is 15.9. The number of amides is 1. The van der Waals surface area contributed by atoms with Crippen molar-refractivity contribution in [2.75, 3.05) is 18.9 Å². The summed E-state index contributed by atoms with van der Waals surface area (Å²) >= 11 is 0. The van der Waals surface area contributed by atoms with Crippen LogP contribution in [0.4, 0.5) is 5.69 Å². The van der Waals surface area contributed by atoms with E-state index < -0.39 is 5.41 Å². The summed E-state index contributed by atoms with van der Waals surface area (Å²) in [7, 11) is 1.62. The van der Waals surface area contributed by atoms with Crippen LogP contribution in [-0.4, -0.2) is 25.5 Å². The smallest absolute Gasteiger partial charge is 0.227 e. The van der Waals surface area contributed by atoms with E-state index in [0.29, 0.717) is 12.5 Å². The second-order valence-corrected chi connectivity index (χ2v) is 5.34. The summed E-state index contributed by atoms with van der Waals surface area (Å²) in [5.74, 6) is 0.261. The molecule has 0 bridgehead atoms. The van der Waals surface area contributed by atoms with E-state index >= 15 is 0 Å². The standard InChI is InChI=1S/C15H24N4O.HI/c1-5-11-7-6-8-12(9-11)19-14(16)18-10-15(2,3)13(20)17-4;/h6-9H,5,10H2,1-4H3,(H,17,20)(H3,16,18,19);1H. The summed E-state index contributed by atoms with van der Waals surface area (Å²) < 4.78 is 0. The summed E-state index contributed by atoms with van der Waals surface area (Å²) in [5.41, 5.74) is 7.41. The van der Waals surface area contributed by atoms with Crippen molar-refractivity contribution in [2.24, 2.45) is 16.1 Å². The number of hydrogen-bond donors (Lipinski definition) is 3. The number of rotatable bonds is 5. The zero-order chi connectivity index (χ0) is 15.2. The fraction of sp³-hybridized carbons (Fsp3) is 0.467. The van der Waals surface area contributed by atoms with Crippen molar-refractivity contribution < 1.29 is 4.79 Å². The molecule has 0 atom stereocenters. The van der Waals surface area contributed by atoms with E-state index in [-0.39, 0.29) is 29.9 Å². The van der Waals surface area contributed by atoms with Crippen molar-refractivity contribution in [3.8, 4) is 0 Å². The molecule has 0 aromatic heterocycles. The molecule has 0 fully saturated rings. The lowest BCUT2D eigenvalue weighted by Gasteiger charge is -2.20. The van der Waals surface area contributed by atoms with Crippen LogP contribution >= 0.6 is 24.0 Å². The monoisotopic (exact) mass is 404 g/mol. The third kappa shape index (κ3) is 6.33. The number of aryl methyl sites for hydroxylation is 1. The number of hydrogen-bond acceptors (Lipinski definition) is 2. The Hall–Kier alpha value is -1.31. The number of nitrogens with zero attached hydrogens (tertiary/aromatic N) is 1. The predicted octanol–water partition coefficient (Wildman–Crippen LogP) is 2.37. The van der Waals surface area contributed by atoms with Crippen LogP contribution in [0.5, 0.6) is 0 Å². The molecule has 0 aliphatic rings. The number of nitrogens with one attached hydrogen (secondary N) is 2. The molecule has 0 saturated carbocycles. The molecule has 118 valence electrons. The summed E-state index contributed by atoms with van der Waals surface area (Å²) in [6.45, 7) is 6.10. The van der Waals surface area contributed by atoms with Gasteiger partial charge in [-0.05, 0) is 38.0 Å². The second kappa shape index (κ2) is 8.86. The summed E-state index contributed by atoms with van der Waals surface area (Å²) in [6, 6.07) is 8.01. The first-order valence-corrected chi connectivity index (χ1v) is 6.77. The predicted molar refractivity (Wildman–Crippen MR) is 99.2 cm³/mol. The van der Waals surface area contributed by atoms with E-state index in [1.165, 1.54) is 5.56 Å². The fourth-order valence-corrected chi connectivity index (χ4v) is 1.75. The Labute approximate surface area is 143 Å². The highest BCUT2D eigenvalue weighted by molar-refractivity contribution is 14.0. The van der Waals surface area contributed by atoms with Crippen molar-refractivity contribution >= 4 is 41.5 Å². The van der Waals surface area contributed by atoms with Gasteiger partial charge in [0.2, 0.25) is 5.91 Å². The lowest BCUT2D eigenvalue weighted by molar-refractivity contribution is -0.128. The van der Waals surface area contributed by atoms with Crippen molar-refractivity contribution in [2.45, 2.75) is 27.2 Å². The molecule has 21 heavy (non-hydrogen) atoms. The highest BCUT2D eigenvalue weighted by atomic mass is 127. The molecule has 4 N–H and O–H groups in total. The Balaban J connectivity index is 0.00000400. The van der Waals surface area contributed by atoms with E-state index in [0.717, 1.165) is 12.1 Å². The summed E-state index contributed by atoms with van der Waals surface area (Å²) in [5, 5.41) is 5.67. The first-order valence-electron chi connectivity index (χ1n) is 6.77. The van der Waals surface area contributed by atoms with E-state index in [4.69, 9.17) is 5.73 Å². The molecule has 0 heterocycles. The first kappa shape index (κ1) is 19.7. The Bertz CT molecular complexity index is 500. The van der Waals surface area contributed by atoms with E-state index in [1.807, 2.05) is 32.0 Å². The number of halogens is 1. The lowest BCUT2D eigenvalue weighted by Crippen LogP contribution is -2.37. The van der Waals surface area contributed by atoms with Crippen LogP contribution in [-0.2, 0) is 11.2 Å². The minimum Gasteiger partial charge on any atom is -0.370 e. The lowest BCUT2D eigenvalue weighted by atomic mass is 9.93. The van der Waals surface area contributed by atoms with Gasteiger partial charge >= 0.3 is 0 Å². The Kier molecular flexibility index (Phi) is 8.31. The van der Waals surface area contributed by atoms with Crippen LogP contribution in [0.2, 0.25) is 0 Å². The van der Waals surface area contributed by atoms with Crippen molar-refractivity contribution in [1.29, 1.82) is 0 Å². The summed E-state index contributed by atoms with van der Waals surface area (Å²) in [6.07, 6.45) is 0.969. The minimum atomic E-state index is -0.577. The number of guanidine groups is 1. The van der Waals surface area contributed by atoms with Gasteiger partial charge in [0, 0.05) is 12.7 Å². The van der Waals surface area contributed by atoms with E-state index in [1.54, 1.807) is 7.05 Å². The molecule has 1 amide bonds. The maximum absolute atomic E-state index is 11.6. The molecular weight excluding hydrogens is 379 g/mol. The van der Waals surface area contributed by atoms with Crippen LogP contribution in [0.15, 0.2) is 29.3 Å². The zero-order valence-electron chi connectivity index (χ0n) is 13.1. The number of nitrogens with two attached hydrogens (primary N) is 1. The molecule has 0 aliphatic heterocycles. The van der Waals surface area contributed by atoms with Gasteiger partial charge in [-0.1, -0.05) is 19.1 Å². The number of anilines is 1. The van der Waals surface area contributed by atoms with Crippen LogP contribution in [0.1, 0.15) is 26.3 Å². The topological polar surface area (TPSA) is 79.5 Å². The second-order valence-electron chi connectivity index (χ2n) is 5.34. The zero-order valence-corrected chi connectivity index (χ0v) is 15.4.